The van der Waals surface area contributed by atoms with Gasteiger partial charge in [-0.05, 0) is 69.4 Å². The number of carbonyl (C=O) groups is 2. The molecule has 0 saturated carbocycles. The molecule has 2 heterocycles. The van der Waals surface area contributed by atoms with Gasteiger partial charge in [0.1, 0.15) is 23.9 Å². The fourth-order valence-electron chi connectivity index (χ4n) is 6.56. The second kappa shape index (κ2) is 18.5. The standard InChI is InChI=1S/C38H55Cl2NO9/c1-9-30(47-8)24(4)34-35(50-34)36(41-21-26-13-14-27(39)19-29(26)40)38(7,46)17-10-11-22(2)33-23(3)12-15-31(48-25(5)42)37(6,45)18-16-28(43)20-32(44)49-33/h10-15,17,19,23-24,28,30-31,33-36,41,43,45-46H,9,16,18,20-21H2,1-8H3/b15-12+,17-10+,22-11+/t23-,24+,28+,30-,31-,33?,34+,35-,36?,37+,38?/m0/s1. The topological polar surface area (TPSA) is 147 Å². The Balaban J connectivity index is 1.89. The third kappa shape index (κ3) is 11.9. The van der Waals surface area contributed by atoms with Crippen LogP contribution in [-0.4, -0.2) is 88.2 Å². The van der Waals surface area contributed by atoms with Gasteiger partial charge in [0.05, 0.1) is 36.4 Å². The lowest BCUT2D eigenvalue weighted by atomic mass is 9.87. The van der Waals surface area contributed by atoms with E-state index in [-0.39, 0.29) is 43.5 Å². The van der Waals surface area contributed by atoms with Crippen LogP contribution in [0.25, 0.3) is 0 Å². The first kappa shape index (κ1) is 42.1. The van der Waals surface area contributed by atoms with Crippen LogP contribution in [0.2, 0.25) is 10.0 Å². The molecule has 0 aromatic heterocycles. The Morgan fingerprint density at radius 1 is 1.24 bits per heavy atom. The van der Waals surface area contributed by atoms with Crippen molar-refractivity contribution in [3.63, 3.8) is 0 Å². The van der Waals surface area contributed by atoms with Crippen molar-refractivity contribution in [3.05, 3.63) is 69.8 Å². The number of aliphatic hydroxyl groups excluding tert-OH is 1. The number of hydrogen-bond acceptors (Lipinski definition) is 10. The van der Waals surface area contributed by atoms with Crippen LogP contribution >= 0.6 is 23.2 Å². The minimum absolute atomic E-state index is 0.00340. The Hall–Kier alpha value is -2.28. The molecule has 1 aromatic carbocycles. The molecule has 12 heteroatoms. The zero-order valence-corrected chi connectivity index (χ0v) is 31.9. The maximum absolute atomic E-state index is 12.9. The Kier molecular flexibility index (Phi) is 15.6. The maximum Gasteiger partial charge on any atom is 0.309 e. The van der Waals surface area contributed by atoms with Crippen LogP contribution in [0.15, 0.2) is 54.2 Å². The first-order chi connectivity index (χ1) is 23.4. The van der Waals surface area contributed by atoms with Gasteiger partial charge < -0.3 is 39.6 Å². The van der Waals surface area contributed by atoms with Gasteiger partial charge >= 0.3 is 11.9 Å². The molecule has 11 atom stereocenters. The number of allylic oxidation sites excluding steroid dienone is 2. The predicted octanol–water partition coefficient (Wildman–Crippen LogP) is 5.87. The highest BCUT2D eigenvalue weighted by molar-refractivity contribution is 6.35. The number of benzene rings is 1. The lowest BCUT2D eigenvalue weighted by Crippen LogP contribution is -2.52. The monoisotopic (exact) mass is 739 g/mol. The third-order valence-electron chi connectivity index (χ3n) is 9.72. The minimum atomic E-state index is -1.47. The van der Waals surface area contributed by atoms with Gasteiger partial charge in [0, 0.05) is 42.5 Å². The normalized spacial score (nSPS) is 31.8. The molecule has 1 fully saturated rings. The summed E-state index contributed by atoms with van der Waals surface area (Å²) in [6, 6.07) is 4.74. The van der Waals surface area contributed by atoms with Gasteiger partial charge in [-0.3, -0.25) is 9.59 Å². The van der Waals surface area contributed by atoms with Crippen molar-refractivity contribution in [2.24, 2.45) is 11.8 Å². The van der Waals surface area contributed by atoms with Crippen LogP contribution in [0.3, 0.4) is 0 Å². The lowest BCUT2D eigenvalue weighted by molar-refractivity contribution is -0.157. The largest absolute Gasteiger partial charge is 0.457 e. The molecule has 2 aliphatic rings. The summed E-state index contributed by atoms with van der Waals surface area (Å²) in [5.74, 6) is -1.45. The van der Waals surface area contributed by atoms with Crippen LogP contribution in [0.1, 0.15) is 79.7 Å². The SMILES string of the molecule is CC[C@H](OC)[C@@H](C)[C@H]1O[C@@H]1C(NCc1ccc(Cl)cc1Cl)C(C)(O)/C=C/C=C(\C)C1OC(=O)C[C@H](O)CC[C@@](C)(O)[C@@H](OC(C)=O)/C=C/[C@@H]1C. The molecule has 0 aliphatic carbocycles. The molecule has 10 nitrogen and oxygen atoms in total. The van der Waals surface area contributed by atoms with Crippen LogP contribution in [0.5, 0.6) is 0 Å². The van der Waals surface area contributed by atoms with E-state index in [9.17, 15) is 24.9 Å². The van der Waals surface area contributed by atoms with E-state index in [1.807, 2.05) is 13.0 Å². The van der Waals surface area contributed by atoms with Gasteiger partial charge in [0.15, 0.2) is 0 Å². The van der Waals surface area contributed by atoms with Gasteiger partial charge in [0.2, 0.25) is 0 Å². The summed E-state index contributed by atoms with van der Waals surface area (Å²) in [6.07, 6.45) is 6.05. The maximum atomic E-state index is 12.9. The van der Waals surface area contributed by atoms with E-state index in [4.69, 9.17) is 42.1 Å². The van der Waals surface area contributed by atoms with Crippen LogP contribution in [0.4, 0.5) is 0 Å². The van der Waals surface area contributed by atoms with Gasteiger partial charge in [0.25, 0.3) is 0 Å². The van der Waals surface area contributed by atoms with Crippen molar-refractivity contribution in [2.75, 3.05) is 7.11 Å². The van der Waals surface area contributed by atoms with Crippen LogP contribution in [0, 0.1) is 11.8 Å². The minimum Gasteiger partial charge on any atom is -0.457 e. The summed E-state index contributed by atoms with van der Waals surface area (Å²) < 4.78 is 23.1. The lowest BCUT2D eigenvalue weighted by Gasteiger charge is -2.32. The van der Waals surface area contributed by atoms with E-state index >= 15 is 0 Å². The molecule has 3 rings (SSSR count). The Labute approximate surface area is 306 Å². The van der Waals surface area contributed by atoms with E-state index in [1.165, 1.54) is 13.8 Å². The number of rotatable bonds is 13. The zero-order valence-electron chi connectivity index (χ0n) is 30.4. The van der Waals surface area contributed by atoms with E-state index in [1.54, 1.807) is 63.5 Å². The molecule has 2 aliphatic heterocycles. The number of aliphatic hydroxyl groups is 3. The Morgan fingerprint density at radius 3 is 2.56 bits per heavy atom. The summed E-state index contributed by atoms with van der Waals surface area (Å²) >= 11 is 12.6. The molecule has 1 saturated heterocycles. The number of nitrogens with one attached hydrogen (secondary N) is 1. The molecular weight excluding hydrogens is 685 g/mol. The van der Waals surface area contributed by atoms with Gasteiger partial charge in [-0.1, -0.05) is 74.3 Å². The highest BCUT2D eigenvalue weighted by Gasteiger charge is 2.54. The van der Waals surface area contributed by atoms with Gasteiger partial charge in [-0.2, -0.15) is 0 Å². The third-order valence-corrected chi connectivity index (χ3v) is 10.3. The number of esters is 2. The zero-order chi connectivity index (χ0) is 37.4. The molecule has 3 unspecified atom stereocenters. The number of epoxide rings is 1. The Morgan fingerprint density at radius 2 is 1.94 bits per heavy atom. The fourth-order valence-corrected chi connectivity index (χ4v) is 7.03. The summed E-state index contributed by atoms with van der Waals surface area (Å²) in [7, 11) is 1.69. The van der Waals surface area contributed by atoms with E-state index in [2.05, 4.69) is 19.2 Å². The molecule has 50 heavy (non-hydrogen) atoms. The first-order valence-electron chi connectivity index (χ1n) is 17.3. The van der Waals surface area contributed by atoms with Crippen molar-refractivity contribution in [2.45, 2.75) is 135 Å². The number of cyclic esters (lactones) is 1. The summed E-state index contributed by atoms with van der Waals surface area (Å²) in [5.41, 5.74) is -1.38. The number of hydrogen-bond donors (Lipinski definition) is 4. The number of halogens is 2. The molecule has 0 amide bonds. The van der Waals surface area contributed by atoms with Crippen LogP contribution in [-0.2, 0) is 35.1 Å². The number of carbonyl (C=O) groups excluding carboxylic acids is 2. The van der Waals surface area contributed by atoms with E-state index in [0.717, 1.165) is 12.0 Å². The van der Waals surface area contributed by atoms with E-state index in [0.29, 0.717) is 22.2 Å². The second-order valence-corrected chi connectivity index (χ2v) is 15.0. The molecule has 280 valence electrons. The van der Waals surface area contributed by atoms with Gasteiger partial charge in [-0.15, -0.1) is 0 Å². The fraction of sp³-hybridized carbons (Fsp3) is 0.632. The molecule has 4 N–H and O–H groups in total. The first-order valence-corrected chi connectivity index (χ1v) is 18.0. The van der Waals surface area contributed by atoms with Crippen molar-refractivity contribution in [1.82, 2.24) is 5.32 Å². The Bertz CT molecular complexity index is 1390. The van der Waals surface area contributed by atoms with Crippen molar-refractivity contribution >= 4 is 35.1 Å². The smallest absolute Gasteiger partial charge is 0.309 e. The molecule has 0 bridgehead atoms. The van der Waals surface area contributed by atoms with Gasteiger partial charge in [-0.25, -0.2) is 0 Å². The van der Waals surface area contributed by atoms with E-state index < -0.39 is 53.4 Å². The summed E-state index contributed by atoms with van der Waals surface area (Å²) in [4.78, 5) is 24.7. The van der Waals surface area contributed by atoms with Crippen LogP contribution < -0.4 is 5.32 Å². The average Bonchev–Trinajstić information content (AvgIpc) is 3.82. The molecular formula is C38H55Cl2NO9. The predicted molar refractivity (Wildman–Crippen MR) is 194 cm³/mol. The molecule has 1 aromatic rings. The van der Waals surface area contributed by atoms with Crippen molar-refractivity contribution < 1.29 is 43.9 Å². The quantitative estimate of drug-likeness (QED) is 0.0839. The van der Waals surface area contributed by atoms with Crippen molar-refractivity contribution in [1.29, 1.82) is 0 Å². The molecule has 0 radical (unpaired) electrons. The summed E-state index contributed by atoms with van der Waals surface area (Å²) in [6.45, 7) is 12.7. The second-order valence-electron chi connectivity index (χ2n) is 14.1. The molecule has 0 spiro atoms. The number of ether oxygens (including phenoxy) is 4. The summed E-state index contributed by atoms with van der Waals surface area (Å²) in [5, 5.41) is 38.0. The average molecular weight is 741 g/mol. The highest BCUT2D eigenvalue weighted by Crippen LogP contribution is 2.39. The number of methoxy groups -OCH3 is 1. The van der Waals surface area contributed by atoms with Crippen molar-refractivity contribution in [3.8, 4) is 0 Å². The highest BCUT2D eigenvalue weighted by atomic mass is 35.5.